The monoisotopic (exact) mass is 301 g/mol. The molecule has 22 heavy (non-hydrogen) atoms. The minimum atomic E-state index is 0.148. The third-order valence-corrected chi connectivity index (χ3v) is 3.86. The van der Waals surface area contributed by atoms with Gasteiger partial charge in [0.25, 0.3) is 0 Å². The molecule has 1 aliphatic rings. The molecule has 1 aromatic carbocycles. The largest absolute Gasteiger partial charge is 0.493 e. The van der Waals surface area contributed by atoms with Crippen molar-refractivity contribution in [3.05, 3.63) is 39.3 Å². The van der Waals surface area contributed by atoms with E-state index in [1.807, 2.05) is 19.1 Å². The van der Waals surface area contributed by atoms with Crippen LogP contribution in [0, 0.1) is 0 Å². The first-order chi connectivity index (χ1) is 10.6. The number of benzene rings is 1. The van der Waals surface area contributed by atoms with Gasteiger partial charge in [-0.05, 0) is 48.6 Å². The number of ether oxygens (including phenoxy) is 2. The number of ketones is 1. The summed E-state index contributed by atoms with van der Waals surface area (Å²) in [4.78, 5) is 15.0. The second-order valence-corrected chi connectivity index (χ2v) is 5.15. The third kappa shape index (κ3) is 3.07. The van der Waals surface area contributed by atoms with Crippen LogP contribution in [0.1, 0.15) is 30.9 Å². The van der Waals surface area contributed by atoms with Crippen molar-refractivity contribution in [1.82, 2.24) is 0 Å². The molecule has 6 heteroatoms. The zero-order valence-corrected chi connectivity index (χ0v) is 13.0. The Morgan fingerprint density at radius 1 is 1.23 bits per heavy atom. The number of hydrogen-bond donors (Lipinski definition) is 0. The first-order valence-electron chi connectivity index (χ1n) is 7.11. The molecule has 0 spiro atoms. The summed E-state index contributed by atoms with van der Waals surface area (Å²) in [7, 11) is 3.14. The number of hydrogen-bond acceptors (Lipinski definition) is 4. The van der Waals surface area contributed by atoms with Crippen molar-refractivity contribution < 1.29 is 14.3 Å². The molecule has 0 aromatic heterocycles. The van der Waals surface area contributed by atoms with E-state index in [4.69, 9.17) is 15.0 Å². The smallest absolute Gasteiger partial charge is 0.163 e. The molecule has 0 bridgehead atoms. The predicted molar refractivity (Wildman–Crippen MR) is 84.1 cm³/mol. The van der Waals surface area contributed by atoms with Crippen molar-refractivity contribution in [3.63, 3.8) is 0 Å². The molecule has 0 radical (unpaired) electrons. The molecule has 0 saturated carbocycles. The van der Waals surface area contributed by atoms with E-state index in [1.54, 1.807) is 14.2 Å². The van der Waals surface area contributed by atoms with E-state index >= 15 is 0 Å². The van der Waals surface area contributed by atoms with Crippen LogP contribution < -0.4 is 9.47 Å². The summed E-state index contributed by atoms with van der Waals surface area (Å²) in [5.41, 5.74) is 12.1. The van der Waals surface area contributed by atoms with E-state index < -0.39 is 0 Å². The number of allylic oxidation sites excluding steroid dienone is 2. The number of methoxy groups -OCH3 is 2. The normalized spacial score (nSPS) is 14.0. The molecule has 0 fully saturated rings. The zero-order chi connectivity index (χ0) is 16.1. The number of nitrogens with zero attached hydrogens (tertiary/aromatic N) is 3. The molecule has 1 aromatic rings. The quantitative estimate of drug-likeness (QED) is 0.456. The van der Waals surface area contributed by atoms with Gasteiger partial charge in [-0.15, -0.1) is 0 Å². The highest BCUT2D eigenvalue weighted by molar-refractivity contribution is 6.24. The number of rotatable bonds is 6. The Labute approximate surface area is 129 Å². The van der Waals surface area contributed by atoms with Gasteiger partial charge in [0.15, 0.2) is 17.3 Å². The summed E-state index contributed by atoms with van der Waals surface area (Å²) >= 11 is 0. The van der Waals surface area contributed by atoms with Crippen LogP contribution in [0.25, 0.3) is 16.0 Å². The molecule has 0 N–H and O–H groups in total. The zero-order valence-electron chi connectivity index (χ0n) is 13.0. The van der Waals surface area contributed by atoms with Crippen LogP contribution in [0.2, 0.25) is 0 Å². The van der Waals surface area contributed by atoms with Crippen LogP contribution in [-0.2, 0) is 11.2 Å². The second-order valence-electron chi connectivity index (χ2n) is 5.15. The fourth-order valence-electron chi connectivity index (χ4n) is 2.74. The molecular formula is C16H19N3O3. The highest BCUT2D eigenvalue weighted by atomic mass is 16.5. The lowest BCUT2D eigenvalue weighted by atomic mass is 9.94. The first-order valence-corrected chi connectivity index (χ1v) is 7.11. The van der Waals surface area contributed by atoms with Crippen molar-refractivity contribution in [2.45, 2.75) is 26.2 Å². The topological polar surface area (TPSA) is 84.3 Å². The first kappa shape index (κ1) is 15.9. The summed E-state index contributed by atoms with van der Waals surface area (Å²) in [5, 5.41) is 3.58. The van der Waals surface area contributed by atoms with Gasteiger partial charge in [-0.3, -0.25) is 4.79 Å². The van der Waals surface area contributed by atoms with Crippen molar-refractivity contribution in [3.8, 4) is 11.5 Å². The fraction of sp³-hybridized carbons (Fsp3) is 0.438. The Kier molecular flexibility index (Phi) is 5.07. The van der Waals surface area contributed by atoms with Crippen molar-refractivity contribution >= 4 is 11.4 Å². The molecule has 0 amide bonds. The Morgan fingerprint density at radius 3 is 2.45 bits per heavy atom. The fourth-order valence-corrected chi connectivity index (χ4v) is 2.74. The van der Waals surface area contributed by atoms with Crippen LogP contribution in [0.4, 0.5) is 0 Å². The Bertz CT molecular complexity index is 673. The minimum Gasteiger partial charge on any atom is -0.493 e. The van der Waals surface area contributed by atoms with E-state index in [1.165, 1.54) is 0 Å². The summed E-state index contributed by atoms with van der Waals surface area (Å²) in [6, 6.07) is 3.69. The molecule has 0 saturated heterocycles. The lowest BCUT2D eigenvalue weighted by molar-refractivity contribution is -0.113. The molecule has 0 heterocycles. The van der Waals surface area contributed by atoms with Gasteiger partial charge in [0.1, 0.15) is 0 Å². The summed E-state index contributed by atoms with van der Waals surface area (Å²) in [6.07, 6.45) is 1.88. The summed E-state index contributed by atoms with van der Waals surface area (Å²) in [5.74, 6) is 1.34. The van der Waals surface area contributed by atoms with Crippen molar-refractivity contribution in [2.75, 3.05) is 20.8 Å². The summed E-state index contributed by atoms with van der Waals surface area (Å²) in [6.45, 7) is 2.31. The van der Waals surface area contributed by atoms with Gasteiger partial charge < -0.3 is 9.47 Å². The average Bonchev–Trinajstić information content (AvgIpc) is 2.86. The highest BCUT2D eigenvalue weighted by Gasteiger charge is 2.25. The Balaban J connectivity index is 2.55. The van der Waals surface area contributed by atoms with E-state index in [0.29, 0.717) is 30.9 Å². The highest BCUT2D eigenvalue weighted by Crippen LogP contribution is 2.38. The predicted octanol–water partition coefficient (Wildman–Crippen LogP) is 3.69. The maximum atomic E-state index is 12.2. The van der Waals surface area contributed by atoms with Gasteiger partial charge in [-0.2, -0.15) is 0 Å². The maximum Gasteiger partial charge on any atom is 0.163 e. The van der Waals surface area contributed by atoms with Gasteiger partial charge in [0.05, 0.1) is 14.2 Å². The van der Waals surface area contributed by atoms with Gasteiger partial charge in [-0.1, -0.05) is 10.7 Å². The molecule has 0 aliphatic heterocycles. The van der Waals surface area contributed by atoms with E-state index in [0.717, 1.165) is 28.7 Å². The third-order valence-electron chi connectivity index (χ3n) is 3.86. The van der Waals surface area contributed by atoms with Crippen LogP contribution >= 0.6 is 0 Å². The second kappa shape index (κ2) is 7.00. The number of carbonyl (C=O) groups is 1. The molecule has 116 valence electrons. The van der Waals surface area contributed by atoms with Gasteiger partial charge in [0.2, 0.25) is 0 Å². The van der Waals surface area contributed by atoms with Crippen molar-refractivity contribution in [1.29, 1.82) is 0 Å². The van der Waals surface area contributed by atoms with E-state index in [2.05, 4.69) is 10.0 Å². The van der Waals surface area contributed by atoms with Crippen LogP contribution in [0.3, 0.4) is 0 Å². The molecule has 0 unspecified atom stereocenters. The maximum absolute atomic E-state index is 12.2. The molecule has 6 nitrogen and oxygen atoms in total. The number of azide groups is 1. The minimum absolute atomic E-state index is 0.148. The molecule has 0 atom stereocenters. The standard InChI is InChI=1S/C16H19N3O3/c1-10-4-5-13(20)16(10)12-9-15(22-3)14(21-2)8-11(12)6-7-18-19-17/h8-9H,4-7H2,1-3H3. The van der Waals surface area contributed by atoms with Gasteiger partial charge in [-0.25, -0.2) is 0 Å². The molecule has 1 aliphatic carbocycles. The summed E-state index contributed by atoms with van der Waals surface area (Å²) < 4.78 is 10.7. The van der Waals surface area contributed by atoms with Gasteiger partial charge >= 0.3 is 0 Å². The van der Waals surface area contributed by atoms with Gasteiger partial charge in [0, 0.05) is 23.5 Å². The number of Topliss-reactive ketones (excluding diaryl/α,β-unsaturated/α-hetero) is 1. The average molecular weight is 301 g/mol. The van der Waals surface area contributed by atoms with E-state index in [-0.39, 0.29) is 5.78 Å². The Hall–Kier alpha value is -2.46. The lowest BCUT2D eigenvalue weighted by Gasteiger charge is -2.15. The van der Waals surface area contributed by atoms with Crippen LogP contribution in [0.5, 0.6) is 11.5 Å². The van der Waals surface area contributed by atoms with Crippen LogP contribution in [-0.4, -0.2) is 26.5 Å². The lowest BCUT2D eigenvalue weighted by Crippen LogP contribution is -2.04. The molecular weight excluding hydrogens is 282 g/mol. The van der Waals surface area contributed by atoms with Crippen molar-refractivity contribution in [2.24, 2.45) is 5.11 Å². The van der Waals surface area contributed by atoms with Crippen LogP contribution in [0.15, 0.2) is 22.8 Å². The SMILES string of the molecule is COc1cc(CCN=[N+]=[N-])c(C2=C(C)CCC2=O)cc1OC. The Morgan fingerprint density at radius 2 is 1.91 bits per heavy atom. The van der Waals surface area contributed by atoms with E-state index in [9.17, 15) is 4.79 Å². The molecule has 2 rings (SSSR count). The number of carbonyl (C=O) groups excluding carboxylic acids is 1.